The van der Waals surface area contributed by atoms with E-state index in [0.717, 1.165) is 24.8 Å². The maximum absolute atomic E-state index is 13.2. The highest BCUT2D eigenvalue weighted by atomic mass is 32.2. The number of hydrogen-bond donors (Lipinski definition) is 0. The summed E-state index contributed by atoms with van der Waals surface area (Å²) in [6.07, 6.45) is 4.46. The summed E-state index contributed by atoms with van der Waals surface area (Å²) in [7, 11) is -3.60. The minimum atomic E-state index is -3.60. The van der Waals surface area contributed by atoms with E-state index in [1.54, 1.807) is 30.5 Å². The largest absolute Gasteiger partial charge is 0.268 e. The van der Waals surface area contributed by atoms with E-state index in [1.807, 2.05) is 26.8 Å². The Kier molecular flexibility index (Phi) is 6.15. The van der Waals surface area contributed by atoms with Crippen molar-refractivity contribution in [1.82, 2.24) is 8.87 Å². The van der Waals surface area contributed by atoms with E-state index < -0.39 is 10.0 Å². The molecule has 0 radical (unpaired) electrons. The van der Waals surface area contributed by atoms with Gasteiger partial charge in [0.2, 0.25) is 10.0 Å². The number of aryl methyl sites for hydroxylation is 1. The molecule has 2 aromatic rings. The number of carbonyl (C=O) groups is 1. The molecule has 3 rings (SSSR count). The van der Waals surface area contributed by atoms with Gasteiger partial charge < -0.3 is 0 Å². The predicted octanol–water partition coefficient (Wildman–Crippen LogP) is 2.97. The second-order valence-electron chi connectivity index (χ2n) is 7.40. The molecule has 150 valence electrons. The number of aromatic nitrogens is 1. The van der Waals surface area contributed by atoms with Crippen LogP contribution in [0.25, 0.3) is 0 Å². The summed E-state index contributed by atoms with van der Waals surface area (Å²) in [4.78, 5) is 17.9. The fourth-order valence-corrected chi connectivity index (χ4v) is 4.90. The van der Waals surface area contributed by atoms with E-state index >= 15 is 0 Å². The van der Waals surface area contributed by atoms with Gasteiger partial charge in [0.1, 0.15) is 5.49 Å². The van der Waals surface area contributed by atoms with E-state index in [-0.39, 0.29) is 16.8 Å². The van der Waals surface area contributed by atoms with Crippen LogP contribution in [0, 0.1) is 6.92 Å². The van der Waals surface area contributed by atoms with Gasteiger partial charge in [-0.15, -0.1) is 0 Å². The van der Waals surface area contributed by atoms with Crippen molar-refractivity contribution in [1.29, 1.82) is 0 Å². The van der Waals surface area contributed by atoms with Crippen LogP contribution >= 0.6 is 0 Å². The lowest BCUT2D eigenvalue weighted by Crippen LogP contribution is -2.35. The number of rotatable bonds is 4. The van der Waals surface area contributed by atoms with Crippen LogP contribution in [0.4, 0.5) is 0 Å². The van der Waals surface area contributed by atoms with Crippen molar-refractivity contribution in [2.75, 3.05) is 13.1 Å². The summed E-state index contributed by atoms with van der Waals surface area (Å²) in [5.74, 6) is -0.284. The molecule has 1 saturated heterocycles. The first-order valence-corrected chi connectivity index (χ1v) is 11.1. The van der Waals surface area contributed by atoms with E-state index in [1.165, 1.54) is 14.9 Å². The van der Waals surface area contributed by atoms with Crippen LogP contribution in [0.3, 0.4) is 0 Å². The molecule has 0 atom stereocenters. The Labute approximate surface area is 166 Å². The number of piperidine rings is 1. The van der Waals surface area contributed by atoms with Crippen molar-refractivity contribution >= 4 is 15.9 Å². The molecule has 0 aliphatic carbocycles. The molecule has 1 aromatic carbocycles. The Morgan fingerprint density at radius 2 is 1.79 bits per heavy atom. The van der Waals surface area contributed by atoms with Crippen LogP contribution in [0.1, 0.15) is 49.0 Å². The number of benzene rings is 1. The third-order valence-corrected chi connectivity index (χ3v) is 6.73. The Balaban J connectivity index is 2.05. The summed E-state index contributed by atoms with van der Waals surface area (Å²) in [6.45, 7) is 6.76. The van der Waals surface area contributed by atoms with E-state index in [4.69, 9.17) is 0 Å². The average Bonchev–Trinajstić information content (AvgIpc) is 2.68. The highest BCUT2D eigenvalue weighted by Crippen LogP contribution is 2.23. The molecule has 0 saturated carbocycles. The Hall–Kier alpha value is -2.25. The lowest BCUT2D eigenvalue weighted by atomic mass is 10.1. The standard InChI is InChI=1S/C21H27N3O3S/c1-16(2)22-20-9-5-8-14-24(20)21(25)19-15-18(11-10-17(19)3)28(26,27)23-12-6-4-7-13-23/h5,8-11,14-16H,4,6-7,12-13H2,1-3H3. The summed E-state index contributed by atoms with van der Waals surface area (Å²) in [5.41, 5.74) is 1.65. The van der Waals surface area contributed by atoms with Crippen molar-refractivity contribution in [3.63, 3.8) is 0 Å². The lowest BCUT2D eigenvalue weighted by Gasteiger charge is -2.26. The van der Waals surface area contributed by atoms with Crippen LogP contribution in [0.2, 0.25) is 0 Å². The molecular weight excluding hydrogens is 374 g/mol. The van der Waals surface area contributed by atoms with Gasteiger partial charge in [-0.05, 0) is 63.4 Å². The highest BCUT2D eigenvalue weighted by molar-refractivity contribution is 7.89. The zero-order valence-electron chi connectivity index (χ0n) is 16.6. The van der Waals surface area contributed by atoms with E-state index in [2.05, 4.69) is 4.99 Å². The first-order chi connectivity index (χ1) is 13.3. The molecule has 0 spiro atoms. The topological polar surface area (TPSA) is 71.7 Å². The van der Waals surface area contributed by atoms with Gasteiger partial charge in [0.05, 0.1) is 4.90 Å². The molecule has 0 amide bonds. The van der Waals surface area contributed by atoms with Crippen molar-refractivity contribution < 1.29 is 13.2 Å². The fourth-order valence-electron chi connectivity index (χ4n) is 3.35. The van der Waals surface area contributed by atoms with Crippen LogP contribution < -0.4 is 5.49 Å². The number of pyridine rings is 1. The third kappa shape index (κ3) is 4.25. The number of nitrogens with zero attached hydrogens (tertiary/aromatic N) is 3. The van der Waals surface area contributed by atoms with Crippen molar-refractivity contribution in [2.24, 2.45) is 4.99 Å². The third-order valence-electron chi connectivity index (χ3n) is 4.84. The average molecular weight is 402 g/mol. The Bertz CT molecular complexity index is 1030. The molecule has 0 bridgehead atoms. The summed E-state index contributed by atoms with van der Waals surface area (Å²) in [6, 6.07) is 10.2. The fraction of sp³-hybridized carbons (Fsp3) is 0.429. The normalized spacial score (nSPS) is 16.5. The predicted molar refractivity (Wildman–Crippen MR) is 109 cm³/mol. The number of carbonyl (C=O) groups excluding carboxylic acids is 1. The van der Waals surface area contributed by atoms with Gasteiger partial charge in [0.25, 0.3) is 5.91 Å². The lowest BCUT2D eigenvalue weighted by molar-refractivity contribution is 0.0953. The van der Waals surface area contributed by atoms with E-state index in [9.17, 15) is 13.2 Å². The zero-order chi connectivity index (χ0) is 20.3. The van der Waals surface area contributed by atoms with E-state index in [0.29, 0.717) is 24.1 Å². The molecule has 28 heavy (non-hydrogen) atoms. The van der Waals surface area contributed by atoms with Crippen LogP contribution in [-0.4, -0.2) is 42.3 Å². The van der Waals surface area contributed by atoms with Crippen molar-refractivity contribution in [3.8, 4) is 0 Å². The van der Waals surface area contributed by atoms with Gasteiger partial charge in [0, 0.05) is 30.9 Å². The Morgan fingerprint density at radius 1 is 1.07 bits per heavy atom. The minimum Gasteiger partial charge on any atom is -0.268 e. The van der Waals surface area contributed by atoms with Crippen molar-refractivity contribution in [2.45, 2.75) is 51.0 Å². The molecule has 1 aromatic heterocycles. The van der Waals surface area contributed by atoms with Gasteiger partial charge >= 0.3 is 0 Å². The van der Waals surface area contributed by atoms with Gasteiger partial charge in [-0.25, -0.2) is 8.42 Å². The van der Waals surface area contributed by atoms with Gasteiger partial charge in [0.15, 0.2) is 0 Å². The molecule has 7 heteroatoms. The maximum Gasteiger partial charge on any atom is 0.263 e. The molecule has 1 aliphatic heterocycles. The Morgan fingerprint density at radius 3 is 2.46 bits per heavy atom. The second kappa shape index (κ2) is 8.41. The molecular formula is C21H27N3O3S. The molecule has 1 fully saturated rings. The number of hydrogen-bond acceptors (Lipinski definition) is 4. The summed E-state index contributed by atoms with van der Waals surface area (Å²) >= 11 is 0. The maximum atomic E-state index is 13.2. The van der Waals surface area contributed by atoms with Crippen LogP contribution in [0.5, 0.6) is 0 Å². The molecule has 0 N–H and O–H groups in total. The van der Waals surface area contributed by atoms with Gasteiger partial charge in [-0.2, -0.15) is 4.31 Å². The highest BCUT2D eigenvalue weighted by Gasteiger charge is 2.27. The first-order valence-electron chi connectivity index (χ1n) is 9.68. The minimum absolute atomic E-state index is 0.0355. The number of sulfonamides is 1. The van der Waals surface area contributed by atoms with Crippen LogP contribution in [0.15, 0.2) is 52.5 Å². The molecule has 2 heterocycles. The molecule has 0 unspecified atom stereocenters. The van der Waals surface area contributed by atoms with Crippen molar-refractivity contribution in [3.05, 3.63) is 59.2 Å². The van der Waals surface area contributed by atoms with Gasteiger partial charge in [-0.1, -0.05) is 18.6 Å². The van der Waals surface area contributed by atoms with Gasteiger partial charge in [-0.3, -0.25) is 14.4 Å². The smallest absolute Gasteiger partial charge is 0.263 e. The first kappa shape index (κ1) is 20.5. The molecule has 6 nitrogen and oxygen atoms in total. The monoisotopic (exact) mass is 401 g/mol. The quantitative estimate of drug-likeness (QED) is 0.791. The zero-order valence-corrected chi connectivity index (χ0v) is 17.4. The summed E-state index contributed by atoms with van der Waals surface area (Å²) in [5, 5.41) is 0. The van der Waals surface area contributed by atoms with Crippen LogP contribution in [-0.2, 0) is 10.0 Å². The second-order valence-corrected chi connectivity index (χ2v) is 9.34. The summed E-state index contributed by atoms with van der Waals surface area (Å²) < 4.78 is 29.0. The SMILES string of the molecule is Cc1ccc(S(=O)(=O)N2CCCCC2)cc1C(=O)n1ccccc1=NC(C)C. The molecule has 1 aliphatic rings.